The molecule has 0 fully saturated rings. The zero-order chi connectivity index (χ0) is 20.4. The predicted molar refractivity (Wildman–Crippen MR) is 108 cm³/mol. The van der Waals surface area contributed by atoms with Gasteiger partial charge in [-0.3, -0.25) is 20.4 Å². The van der Waals surface area contributed by atoms with Gasteiger partial charge in [0, 0.05) is 17.5 Å². The van der Waals surface area contributed by atoms with Crippen molar-refractivity contribution in [3.8, 4) is 11.8 Å². The highest BCUT2D eigenvalue weighted by molar-refractivity contribution is 6.35. The number of hydrogen-bond acceptors (Lipinski definition) is 4. The number of halogens is 2. The maximum atomic E-state index is 11.7. The first kappa shape index (κ1) is 21.3. The molecule has 0 aliphatic carbocycles. The molecule has 0 bridgehead atoms. The summed E-state index contributed by atoms with van der Waals surface area (Å²) in [5.41, 5.74) is 5.92. The van der Waals surface area contributed by atoms with Crippen LogP contribution >= 0.6 is 23.2 Å². The summed E-state index contributed by atoms with van der Waals surface area (Å²) < 4.78 is 5.48. The van der Waals surface area contributed by atoms with Crippen LogP contribution in [0.3, 0.4) is 0 Å². The first-order valence-electron chi connectivity index (χ1n) is 8.33. The number of hydrogen-bond donors (Lipinski definition) is 2. The summed E-state index contributed by atoms with van der Waals surface area (Å²) in [4.78, 5) is 23.4. The molecule has 8 heteroatoms. The van der Waals surface area contributed by atoms with Crippen LogP contribution in [0.2, 0.25) is 10.0 Å². The van der Waals surface area contributed by atoms with Crippen LogP contribution in [-0.4, -0.2) is 18.4 Å². The topological polar surface area (TPSA) is 91.2 Å². The Morgan fingerprint density at radius 2 is 1.86 bits per heavy atom. The van der Waals surface area contributed by atoms with E-state index in [0.29, 0.717) is 34.4 Å². The van der Waals surface area contributed by atoms with Crippen LogP contribution in [0.1, 0.15) is 24.0 Å². The van der Waals surface area contributed by atoms with Crippen LogP contribution in [0, 0.1) is 11.3 Å². The van der Waals surface area contributed by atoms with Gasteiger partial charge >= 0.3 is 0 Å². The molecular formula is C20H17Cl2N3O3. The van der Waals surface area contributed by atoms with E-state index in [1.807, 2.05) is 6.07 Å². The largest absolute Gasteiger partial charge is 0.492 e. The first-order valence-corrected chi connectivity index (χ1v) is 9.08. The van der Waals surface area contributed by atoms with E-state index in [2.05, 4.69) is 10.9 Å². The molecule has 0 heterocycles. The number of nitrogens with zero attached hydrogens (tertiary/aromatic N) is 1. The van der Waals surface area contributed by atoms with Crippen LogP contribution in [0.5, 0.6) is 5.75 Å². The molecule has 0 saturated heterocycles. The molecule has 0 atom stereocenters. The monoisotopic (exact) mass is 417 g/mol. The highest BCUT2D eigenvalue weighted by atomic mass is 35.5. The fourth-order valence-corrected chi connectivity index (χ4v) is 2.55. The fourth-order valence-electron chi connectivity index (χ4n) is 2.08. The predicted octanol–water partition coefficient (Wildman–Crippen LogP) is 3.88. The van der Waals surface area contributed by atoms with Crippen molar-refractivity contribution in [1.82, 2.24) is 10.9 Å². The molecule has 2 rings (SSSR count). The highest BCUT2D eigenvalue weighted by Crippen LogP contribution is 2.27. The quantitative estimate of drug-likeness (QED) is 0.406. The molecule has 6 nitrogen and oxygen atoms in total. The Bertz CT molecular complexity index is 906. The normalized spacial score (nSPS) is 10.3. The molecule has 0 spiro atoms. The number of hydrazine groups is 1. The maximum Gasteiger partial charge on any atom is 0.262 e. The SMILES string of the molecule is N#Cc1ccc(/C=C/C(=O)NNC(=O)CCCOc2ccc(Cl)cc2Cl)cc1. The fraction of sp³-hybridized carbons (Fsp3) is 0.150. The van der Waals surface area contributed by atoms with Gasteiger partial charge in [0.15, 0.2) is 0 Å². The van der Waals surface area contributed by atoms with Gasteiger partial charge in [-0.2, -0.15) is 5.26 Å². The van der Waals surface area contributed by atoms with Crippen LogP contribution in [-0.2, 0) is 9.59 Å². The molecule has 0 saturated carbocycles. The Kier molecular flexibility index (Phi) is 8.35. The second-order valence-electron chi connectivity index (χ2n) is 5.63. The van der Waals surface area contributed by atoms with Crippen molar-refractivity contribution in [2.75, 3.05) is 6.61 Å². The summed E-state index contributed by atoms with van der Waals surface area (Å²) in [5.74, 6) is -0.319. The third kappa shape index (κ3) is 7.31. The van der Waals surface area contributed by atoms with E-state index in [4.69, 9.17) is 33.2 Å². The molecule has 2 aromatic rings. The van der Waals surface area contributed by atoms with Crippen molar-refractivity contribution < 1.29 is 14.3 Å². The molecule has 0 aliphatic rings. The molecule has 144 valence electrons. The molecule has 28 heavy (non-hydrogen) atoms. The zero-order valence-electron chi connectivity index (χ0n) is 14.7. The number of carbonyl (C=O) groups excluding carboxylic acids is 2. The minimum Gasteiger partial charge on any atom is -0.492 e. The molecular weight excluding hydrogens is 401 g/mol. The van der Waals surface area contributed by atoms with Gasteiger partial charge in [0.05, 0.1) is 23.3 Å². The number of nitrogens with one attached hydrogen (secondary N) is 2. The standard InChI is InChI=1S/C20H17Cl2N3O3/c21-16-8-9-18(17(22)12-16)28-11-1-2-19(26)24-25-20(27)10-7-14-3-5-15(13-23)6-4-14/h3-10,12H,1-2,11H2,(H,24,26)(H,25,27)/b10-7+. The minimum absolute atomic E-state index is 0.171. The summed E-state index contributed by atoms with van der Waals surface area (Å²) in [6, 6.07) is 13.6. The van der Waals surface area contributed by atoms with Gasteiger partial charge < -0.3 is 4.74 Å². The van der Waals surface area contributed by atoms with Crippen molar-refractivity contribution in [2.45, 2.75) is 12.8 Å². The summed E-state index contributed by atoms with van der Waals surface area (Å²) in [7, 11) is 0. The van der Waals surface area contributed by atoms with E-state index < -0.39 is 5.91 Å². The molecule has 2 amide bonds. The minimum atomic E-state index is -0.470. The van der Waals surface area contributed by atoms with E-state index in [1.54, 1.807) is 48.5 Å². The molecule has 0 aliphatic heterocycles. The Balaban J connectivity index is 1.65. The van der Waals surface area contributed by atoms with Gasteiger partial charge in [-0.05, 0) is 48.4 Å². The highest BCUT2D eigenvalue weighted by Gasteiger charge is 2.05. The van der Waals surface area contributed by atoms with Crippen LogP contribution < -0.4 is 15.6 Å². The van der Waals surface area contributed by atoms with E-state index in [9.17, 15) is 9.59 Å². The van der Waals surface area contributed by atoms with E-state index in [0.717, 1.165) is 5.56 Å². The van der Waals surface area contributed by atoms with Crippen LogP contribution in [0.25, 0.3) is 6.08 Å². The Morgan fingerprint density at radius 1 is 1.11 bits per heavy atom. The summed E-state index contributed by atoms with van der Waals surface area (Å²) in [5, 5.41) is 9.65. The molecule has 2 aromatic carbocycles. The van der Waals surface area contributed by atoms with Crippen molar-refractivity contribution in [3.05, 3.63) is 69.7 Å². The zero-order valence-corrected chi connectivity index (χ0v) is 16.3. The average Bonchev–Trinajstić information content (AvgIpc) is 2.69. The van der Waals surface area contributed by atoms with E-state index in [-0.39, 0.29) is 12.3 Å². The van der Waals surface area contributed by atoms with E-state index in [1.165, 1.54) is 6.08 Å². The number of rotatable bonds is 7. The number of benzene rings is 2. The summed E-state index contributed by atoms with van der Waals surface area (Å²) in [6.45, 7) is 0.293. The van der Waals surface area contributed by atoms with Gasteiger partial charge in [0.2, 0.25) is 5.91 Å². The second kappa shape index (κ2) is 11.0. The summed E-state index contributed by atoms with van der Waals surface area (Å²) >= 11 is 11.8. The van der Waals surface area contributed by atoms with Gasteiger partial charge in [-0.1, -0.05) is 35.3 Å². The lowest BCUT2D eigenvalue weighted by Crippen LogP contribution is -2.40. The smallest absolute Gasteiger partial charge is 0.262 e. The van der Waals surface area contributed by atoms with Gasteiger partial charge in [0.1, 0.15) is 5.75 Å². The van der Waals surface area contributed by atoms with Crippen LogP contribution in [0.15, 0.2) is 48.5 Å². The molecule has 0 aromatic heterocycles. The Morgan fingerprint density at radius 3 is 2.54 bits per heavy atom. The number of nitriles is 1. The van der Waals surface area contributed by atoms with Crippen molar-refractivity contribution in [2.24, 2.45) is 0 Å². The second-order valence-corrected chi connectivity index (χ2v) is 6.47. The first-order chi connectivity index (χ1) is 13.5. The molecule has 0 radical (unpaired) electrons. The van der Waals surface area contributed by atoms with Crippen molar-refractivity contribution >= 4 is 41.1 Å². The third-order valence-corrected chi connectivity index (χ3v) is 4.02. The van der Waals surface area contributed by atoms with Gasteiger partial charge in [-0.25, -0.2) is 0 Å². The van der Waals surface area contributed by atoms with Crippen molar-refractivity contribution in [3.63, 3.8) is 0 Å². The lowest BCUT2D eigenvalue weighted by molar-refractivity contribution is -0.126. The van der Waals surface area contributed by atoms with Gasteiger partial charge in [-0.15, -0.1) is 0 Å². The third-order valence-electron chi connectivity index (χ3n) is 3.49. The lowest BCUT2D eigenvalue weighted by Gasteiger charge is -2.08. The summed E-state index contributed by atoms with van der Waals surface area (Å²) in [6.07, 6.45) is 3.48. The van der Waals surface area contributed by atoms with Gasteiger partial charge in [0.25, 0.3) is 5.91 Å². The number of carbonyl (C=O) groups is 2. The van der Waals surface area contributed by atoms with Crippen molar-refractivity contribution in [1.29, 1.82) is 5.26 Å². The average molecular weight is 418 g/mol. The van der Waals surface area contributed by atoms with E-state index >= 15 is 0 Å². The van der Waals surface area contributed by atoms with Crippen LogP contribution in [0.4, 0.5) is 0 Å². The Labute approximate surface area is 172 Å². The number of amides is 2. The molecule has 2 N–H and O–H groups in total. The Hall–Kier alpha value is -3.01. The maximum absolute atomic E-state index is 11.7. The number of ether oxygens (including phenoxy) is 1. The lowest BCUT2D eigenvalue weighted by atomic mass is 10.1. The molecule has 0 unspecified atom stereocenters.